The summed E-state index contributed by atoms with van der Waals surface area (Å²) in [4.78, 5) is 49.4. The molecule has 3 rings (SSSR count). The van der Waals surface area contributed by atoms with Crippen LogP contribution in [0.5, 0.6) is 0 Å². The van der Waals surface area contributed by atoms with Crippen molar-refractivity contribution in [2.75, 3.05) is 11.9 Å². The van der Waals surface area contributed by atoms with E-state index in [4.69, 9.17) is 4.74 Å². The molecule has 0 saturated carbocycles. The first-order chi connectivity index (χ1) is 16.8. The van der Waals surface area contributed by atoms with Gasteiger partial charge in [0.15, 0.2) is 6.61 Å². The van der Waals surface area contributed by atoms with Gasteiger partial charge >= 0.3 is 5.97 Å². The number of rotatable bonds is 9. The summed E-state index contributed by atoms with van der Waals surface area (Å²) in [5.41, 5.74) is 3.05. The number of benzene rings is 3. The van der Waals surface area contributed by atoms with Crippen LogP contribution in [0.15, 0.2) is 78.9 Å². The Bertz CT molecular complexity index is 1190. The van der Waals surface area contributed by atoms with Gasteiger partial charge in [0.25, 0.3) is 17.7 Å². The topological polar surface area (TPSA) is 114 Å². The summed E-state index contributed by atoms with van der Waals surface area (Å²) < 4.78 is 5.02. The van der Waals surface area contributed by atoms with Gasteiger partial charge in [0, 0.05) is 12.1 Å². The van der Waals surface area contributed by atoms with Gasteiger partial charge < -0.3 is 20.7 Å². The molecule has 3 aromatic carbocycles. The minimum absolute atomic E-state index is 0.280. The summed E-state index contributed by atoms with van der Waals surface area (Å²) in [7, 11) is 0. The number of aryl methyl sites for hydroxylation is 1. The maximum atomic E-state index is 12.7. The summed E-state index contributed by atoms with van der Waals surface area (Å²) in [5, 5.41) is 7.95. The molecule has 0 heterocycles. The Kier molecular flexibility index (Phi) is 8.72. The van der Waals surface area contributed by atoms with Crippen molar-refractivity contribution in [3.8, 4) is 0 Å². The highest BCUT2D eigenvalue weighted by atomic mass is 16.5. The van der Waals surface area contributed by atoms with E-state index in [9.17, 15) is 19.2 Å². The van der Waals surface area contributed by atoms with E-state index in [1.165, 1.54) is 6.92 Å². The van der Waals surface area contributed by atoms with Crippen molar-refractivity contribution in [1.29, 1.82) is 0 Å². The summed E-state index contributed by atoms with van der Waals surface area (Å²) in [6, 6.07) is 21.8. The SMILES string of the molecule is Cc1ccc(CNC(=O)c2ccccc2NC(=O)COC(=O)[C@H](C)NC(=O)c2ccccc2)cc1. The van der Waals surface area contributed by atoms with Gasteiger partial charge in [-0.25, -0.2) is 4.79 Å². The van der Waals surface area contributed by atoms with Gasteiger partial charge in [-0.15, -0.1) is 0 Å². The fraction of sp³-hybridized carbons (Fsp3) is 0.185. The Balaban J connectivity index is 1.50. The number of nitrogens with one attached hydrogen (secondary N) is 3. The van der Waals surface area contributed by atoms with E-state index in [1.54, 1.807) is 54.6 Å². The zero-order valence-electron chi connectivity index (χ0n) is 19.5. The lowest BCUT2D eigenvalue weighted by molar-refractivity contribution is -0.148. The quantitative estimate of drug-likeness (QED) is 0.413. The maximum absolute atomic E-state index is 12.7. The van der Waals surface area contributed by atoms with Crippen molar-refractivity contribution < 1.29 is 23.9 Å². The van der Waals surface area contributed by atoms with Crippen LogP contribution < -0.4 is 16.0 Å². The Morgan fingerprint density at radius 1 is 0.829 bits per heavy atom. The van der Waals surface area contributed by atoms with Crippen LogP contribution >= 0.6 is 0 Å². The van der Waals surface area contributed by atoms with Crippen LogP contribution in [0.3, 0.4) is 0 Å². The molecule has 8 heteroatoms. The molecule has 8 nitrogen and oxygen atoms in total. The molecule has 0 aliphatic carbocycles. The molecule has 0 bridgehead atoms. The minimum Gasteiger partial charge on any atom is -0.454 e. The summed E-state index contributed by atoms with van der Waals surface area (Å²) in [5.74, 6) is -2.15. The smallest absolute Gasteiger partial charge is 0.328 e. The van der Waals surface area contributed by atoms with Gasteiger partial charge in [0.2, 0.25) is 0 Å². The highest BCUT2D eigenvalue weighted by molar-refractivity contribution is 6.04. The lowest BCUT2D eigenvalue weighted by Gasteiger charge is -2.14. The molecule has 0 aliphatic heterocycles. The van der Waals surface area contributed by atoms with Crippen molar-refractivity contribution in [3.63, 3.8) is 0 Å². The highest BCUT2D eigenvalue weighted by Crippen LogP contribution is 2.15. The van der Waals surface area contributed by atoms with Crippen molar-refractivity contribution in [1.82, 2.24) is 10.6 Å². The Labute approximate surface area is 203 Å². The second-order valence-electron chi connectivity index (χ2n) is 7.93. The van der Waals surface area contributed by atoms with Crippen molar-refractivity contribution in [3.05, 3.63) is 101 Å². The van der Waals surface area contributed by atoms with Gasteiger partial charge in [-0.3, -0.25) is 14.4 Å². The van der Waals surface area contributed by atoms with Crippen molar-refractivity contribution in [2.45, 2.75) is 26.4 Å². The third kappa shape index (κ3) is 7.53. The maximum Gasteiger partial charge on any atom is 0.328 e. The van der Waals surface area contributed by atoms with Crippen LogP contribution in [0.4, 0.5) is 5.69 Å². The number of hydrogen-bond acceptors (Lipinski definition) is 5. The van der Waals surface area contributed by atoms with Gasteiger partial charge in [-0.1, -0.05) is 60.2 Å². The first-order valence-corrected chi connectivity index (χ1v) is 11.1. The molecule has 0 aliphatic rings. The zero-order valence-corrected chi connectivity index (χ0v) is 19.5. The van der Waals surface area contributed by atoms with Gasteiger partial charge in [0.05, 0.1) is 11.3 Å². The third-order valence-corrected chi connectivity index (χ3v) is 5.10. The first kappa shape index (κ1) is 25.2. The van der Waals surface area contributed by atoms with E-state index in [0.29, 0.717) is 17.8 Å². The fourth-order valence-corrected chi connectivity index (χ4v) is 3.15. The summed E-state index contributed by atoms with van der Waals surface area (Å²) >= 11 is 0. The molecule has 35 heavy (non-hydrogen) atoms. The van der Waals surface area contributed by atoms with E-state index in [1.807, 2.05) is 31.2 Å². The molecule has 3 aromatic rings. The monoisotopic (exact) mass is 473 g/mol. The standard InChI is InChI=1S/C27H27N3O5/c1-18-12-14-20(15-13-18)16-28-26(33)22-10-6-7-11-23(22)30-24(31)17-35-27(34)19(2)29-25(32)21-8-4-3-5-9-21/h3-15,19H,16-17H2,1-2H3,(H,28,33)(H,29,32)(H,30,31)/t19-/m0/s1. The van der Waals surface area contributed by atoms with Gasteiger partial charge in [-0.05, 0) is 43.7 Å². The van der Waals surface area contributed by atoms with E-state index in [-0.39, 0.29) is 11.5 Å². The Morgan fingerprint density at radius 2 is 1.49 bits per heavy atom. The average molecular weight is 474 g/mol. The number of amides is 3. The fourth-order valence-electron chi connectivity index (χ4n) is 3.15. The predicted molar refractivity (Wildman–Crippen MR) is 132 cm³/mol. The molecule has 0 spiro atoms. The molecule has 0 fully saturated rings. The van der Waals surface area contributed by atoms with Crippen LogP contribution in [-0.2, 0) is 20.9 Å². The lowest BCUT2D eigenvalue weighted by atomic mass is 10.1. The van der Waals surface area contributed by atoms with Crippen molar-refractivity contribution in [2.24, 2.45) is 0 Å². The lowest BCUT2D eigenvalue weighted by Crippen LogP contribution is -2.40. The van der Waals surface area contributed by atoms with Crippen LogP contribution in [0.1, 0.15) is 38.8 Å². The summed E-state index contributed by atoms with van der Waals surface area (Å²) in [6.07, 6.45) is 0. The third-order valence-electron chi connectivity index (χ3n) is 5.10. The van der Waals surface area contributed by atoms with Crippen LogP contribution in [0.25, 0.3) is 0 Å². The van der Waals surface area contributed by atoms with Crippen LogP contribution in [-0.4, -0.2) is 36.3 Å². The van der Waals surface area contributed by atoms with E-state index in [2.05, 4.69) is 16.0 Å². The van der Waals surface area contributed by atoms with E-state index >= 15 is 0 Å². The predicted octanol–water partition coefficient (Wildman–Crippen LogP) is 3.23. The normalized spacial score (nSPS) is 11.1. The molecular formula is C27H27N3O5. The van der Waals surface area contributed by atoms with Crippen LogP contribution in [0, 0.1) is 6.92 Å². The number of ether oxygens (including phenoxy) is 1. The molecule has 1 atom stereocenters. The molecular weight excluding hydrogens is 446 g/mol. The molecule has 0 radical (unpaired) electrons. The van der Waals surface area contributed by atoms with Gasteiger partial charge in [0.1, 0.15) is 6.04 Å². The second kappa shape index (κ2) is 12.1. The largest absolute Gasteiger partial charge is 0.454 e. The Hall–Kier alpha value is -4.46. The first-order valence-electron chi connectivity index (χ1n) is 11.1. The average Bonchev–Trinajstić information content (AvgIpc) is 2.87. The molecule has 0 aromatic heterocycles. The molecule has 3 amide bonds. The minimum atomic E-state index is -0.949. The van der Waals surface area contributed by atoms with E-state index in [0.717, 1.165) is 11.1 Å². The zero-order chi connectivity index (χ0) is 25.2. The van der Waals surface area contributed by atoms with Gasteiger partial charge in [-0.2, -0.15) is 0 Å². The molecule has 180 valence electrons. The number of carbonyl (C=O) groups is 4. The Morgan fingerprint density at radius 3 is 2.20 bits per heavy atom. The number of carbonyl (C=O) groups excluding carboxylic acids is 4. The summed E-state index contributed by atoms with van der Waals surface area (Å²) in [6.45, 7) is 3.23. The van der Waals surface area contributed by atoms with E-state index < -0.39 is 30.4 Å². The van der Waals surface area contributed by atoms with Crippen molar-refractivity contribution >= 4 is 29.4 Å². The highest BCUT2D eigenvalue weighted by Gasteiger charge is 2.20. The number of para-hydroxylation sites is 1. The molecule has 0 saturated heterocycles. The number of hydrogen-bond donors (Lipinski definition) is 3. The number of anilines is 1. The molecule has 0 unspecified atom stereocenters. The molecule has 3 N–H and O–H groups in total. The number of esters is 1. The second-order valence-corrected chi connectivity index (χ2v) is 7.93. The van der Waals surface area contributed by atoms with Crippen LogP contribution in [0.2, 0.25) is 0 Å².